The normalized spacial score (nSPS) is 15.9. The number of imidazole rings is 1. The summed E-state index contributed by atoms with van der Waals surface area (Å²) in [5.74, 6) is -0.859. The standard InChI is InChI=1S/C21H18ClN3O3/c1-14-12-15-6-2-3-7-16(15)25(14)19(26)13-28-20(27)10-9-17-21(22)23-18-8-4-5-11-24(17)18/h2-11,14H,12-13H2,1H3/b10-9+/t14-/m0/s1. The van der Waals surface area contributed by atoms with Crippen LogP contribution in [0, 0.1) is 0 Å². The Bertz CT molecular complexity index is 1090. The Kier molecular flexibility index (Phi) is 4.88. The number of hydrogen-bond donors (Lipinski definition) is 0. The van der Waals surface area contributed by atoms with E-state index in [1.54, 1.807) is 15.5 Å². The van der Waals surface area contributed by atoms with E-state index in [2.05, 4.69) is 4.98 Å². The molecule has 0 bridgehead atoms. The fraction of sp³-hybridized carbons (Fsp3) is 0.190. The molecule has 1 aliphatic heterocycles. The summed E-state index contributed by atoms with van der Waals surface area (Å²) in [5, 5.41) is 0.286. The quantitative estimate of drug-likeness (QED) is 0.501. The maximum absolute atomic E-state index is 12.6. The molecule has 2 aromatic heterocycles. The summed E-state index contributed by atoms with van der Waals surface area (Å²) in [7, 11) is 0. The van der Waals surface area contributed by atoms with Crippen LogP contribution in [0.3, 0.4) is 0 Å². The van der Waals surface area contributed by atoms with Gasteiger partial charge in [0, 0.05) is 24.0 Å². The lowest BCUT2D eigenvalue weighted by Crippen LogP contribution is -2.38. The zero-order valence-corrected chi connectivity index (χ0v) is 16.0. The fourth-order valence-corrected chi connectivity index (χ4v) is 3.72. The molecule has 3 heterocycles. The minimum Gasteiger partial charge on any atom is -0.452 e. The smallest absolute Gasteiger partial charge is 0.331 e. The zero-order valence-electron chi connectivity index (χ0n) is 15.2. The summed E-state index contributed by atoms with van der Waals surface area (Å²) in [6.07, 6.45) is 5.37. The van der Waals surface area contributed by atoms with E-state index in [4.69, 9.17) is 16.3 Å². The molecule has 1 atom stereocenters. The Labute approximate surface area is 167 Å². The van der Waals surface area contributed by atoms with Crippen LogP contribution < -0.4 is 4.90 Å². The maximum atomic E-state index is 12.6. The van der Waals surface area contributed by atoms with Crippen molar-refractivity contribution in [2.75, 3.05) is 11.5 Å². The van der Waals surface area contributed by atoms with Crippen LogP contribution in [0.15, 0.2) is 54.7 Å². The van der Waals surface area contributed by atoms with Crippen molar-refractivity contribution >= 4 is 40.9 Å². The number of rotatable bonds is 4. The van der Waals surface area contributed by atoms with Crippen molar-refractivity contribution in [1.29, 1.82) is 0 Å². The molecule has 1 amide bonds. The van der Waals surface area contributed by atoms with Crippen molar-refractivity contribution < 1.29 is 14.3 Å². The number of benzene rings is 1. The summed E-state index contributed by atoms with van der Waals surface area (Å²) < 4.78 is 6.90. The van der Waals surface area contributed by atoms with Crippen LogP contribution in [0.25, 0.3) is 11.7 Å². The molecule has 0 unspecified atom stereocenters. The van der Waals surface area contributed by atoms with E-state index in [1.165, 1.54) is 12.2 Å². The molecule has 0 fully saturated rings. The number of pyridine rings is 1. The van der Waals surface area contributed by atoms with Gasteiger partial charge in [0.25, 0.3) is 5.91 Å². The van der Waals surface area contributed by atoms with Crippen LogP contribution in [0.1, 0.15) is 18.2 Å². The predicted octanol–water partition coefficient (Wildman–Crippen LogP) is 3.52. The van der Waals surface area contributed by atoms with Crippen LogP contribution in [0.2, 0.25) is 5.15 Å². The molecule has 7 heteroatoms. The Morgan fingerprint density at radius 2 is 2.04 bits per heavy atom. The van der Waals surface area contributed by atoms with Gasteiger partial charge in [0.05, 0.1) is 5.69 Å². The Morgan fingerprint density at radius 1 is 1.25 bits per heavy atom. The van der Waals surface area contributed by atoms with Gasteiger partial charge in [-0.05, 0) is 43.2 Å². The maximum Gasteiger partial charge on any atom is 0.331 e. The van der Waals surface area contributed by atoms with Gasteiger partial charge in [-0.1, -0.05) is 35.9 Å². The molecule has 0 aliphatic carbocycles. The van der Waals surface area contributed by atoms with E-state index < -0.39 is 5.97 Å². The van der Waals surface area contributed by atoms with Gasteiger partial charge in [-0.3, -0.25) is 9.20 Å². The number of aromatic nitrogens is 2. The van der Waals surface area contributed by atoms with Crippen LogP contribution in [-0.4, -0.2) is 33.9 Å². The van der Waals surface area contributed by atoms with E-state index in [-0.39, 0.29) is 23.7 Å². The molecular formula is C21H18ClN3O3. The molecule has 6 nitrogen and oxygen atoms in total. The van der Waals surface area contributed by atoms with Gasteiger partial charge in [0.1, 0.15) is 5.65 Å². The second-order valence-electron chi connectivity index (χ2n) is 6.60. The SMILES string of the molecule is C[C@H]1Cc2ccccc2N1C(=O)COC(=O)/C=C/c1c(Cl)nc2ccccn12. The van der Waals surface area contributed by atoms with Crippen LogP contribution in [-0.2, 0) is 20.7 Å². The fourth-order valence-electron chi connectivity index (χ4n) is 3.48. The van der Waals surface area contributed by atoms with Gasteiger partial charge in [-0.2, -0.15) is 0 Å². The summed E-state index contributed by atoms with van der Waals surface area (Å²) in [4.78, 5) is 30.6. The van der Waals surface area contributed by atoms with Crippen molar-refractivity contribution in [3.8, 4) is 0 Å². The first-order valence-electron chi connectivity index (χ1n) is 8.92. The molecule has 0 saturated carbocycles. The van der Waals surface area contributed by atoms with E-state index in [9.17, 15) is 9.59 Å². The summed E-state index contributed by atoms with van der Waals surface area (Å²) >= 11 is 6.13. The highest BCUT2D eigenvalue weighted by atomic mass is 35.5. The minimum atomic E-state index is -0.615. The van der Waals surface area contributed by atoms with Gasteiger partial charge >= 0.3 is 5.97 Å². The molecule has 142 valence electrons. The number of anilines is 1. The lowest BCUT2D eigenvalue weighted by Gasteiger charge is -2.22. The van der Waals surface area contributed by atoms with Gasteiger partial charge < -0.3 is 9.64 Å². The molecule has 0 radical (unpaired) electrons. The highest BCUT2D eigenvalue weighted by molar-refractivity contribution is 6.31. The summed E-state index contributed by atoms with van der Waals surface area (Å²) in [5.41, 5.74) is 3.25. The Morgan fingerprint density at radius 3 is 2.89 bits per heavy atom. The van der Waals surface area contributed by atoms with Gasteiger partial charge in [0.15, 0.2) is 11.8 Å². The number of fused-ring (bicyclic) bond motifs is 2. The largest absolute Gasteiger partial charge is 0.452 e. The molecule has 28 heavy (non-hydrogen) atoms. The van der Waals surface area contributed by atoms with Crippen LogP contribution >= 0.6 is 11.6 Å². The highest BCUT2D eigenvalue weighted by Crippen LogP contribution is 2.31. The number of halogens is 1. The van der Waals surface area contributed by atoms with Crippen molar-refractivity contribution in [2.24, 2.45) is 0 Å². The van der Waals surface area contributed by atoms with Crippen molar-refractivity contribution in [3.05, 3.63) is 71.1 Å². The second kappa shape index (κ2) is 7.48. The number of nitrogens with zero attached hydrogens (tertiary/aromatic N) is 3. The molecule has 0 N–H and O–H groups in total. The summed E-state index contributed by atoms with van der Waals surface area (Å²) in [6, 6.07) is 13.3. The highest BCUT2D eigenvalue weighted by Gasteiger charge is 2.30. The second-order valence-corrected chi connectivity index (χ2v) is 6.96. The third kappa shape index (κ3) is 3.39. The van der Waals surface area contributed by atoms with E-state index in [0.29, 0.717) is 11.3 Å². The van der Waals surface area contributed by atoms with Crippen LogP contribution in [0.5, 0.6) is 0 Å². The van der Waals surface area contributed by atoms with E-state index in [1.807, 2.05) is 49.4 Å². The number of carbonyl (C=O) groups excluding carboxylic acids is 2. The summed E-state index contributed by atoms with van der Waals surface area (Å²) in [6.45, 7) is 1.66. The Hall–Kier alpha value is -3.12. The first kappa shape index (κ1) is 18.3. The number of hydrogen-bond acceptors (Lipinski definition) is 4. The third-order valence-corrected chi connectivity index (χ3v) is 4.99. The minimum absolute atomic E-state index is 0.0381. The topological polar surface area (TPSA) is 63.9 Å². The average molecular weight is 396 g/mol. The van der Waals surface area contributed by atoms with Crippen molar-refractivity contribution in [2.45, 2.75) is 19.4 Å². The number of carbonyl (C=O) groups is 2. The van der Waals surface area contributed by atoms with Gasteiger partial charge in [0.2, 0.25) is 0 Å². The molecule has 1 aliphatic rings. The van der Waals surface area contributed by atoms with Gasteiger partial charge in [-0.25, -0.2) is 9.78 Å². The third-order valence-electron chi connectivity index (χ3n) is 4.71. The van der Waals surface area contributed by atoms with Crippen molar-refractivity contribution in [3.63, 3.8) is 0 Å². The average Bonchev–Trinajstić information content (AvgIpc) is 3.19. The molecule has 0 spiro atoms. The number of para-hydroxylation sites is 1. The molecule has 3 aromatic rings. The van der Waals surface area contributed by atoms with Gasteiger partial charge in [-0.15, -0.1) is 0 Å². The number of esters is 1. The number of ether oxygens (including phenoxy) is 1. The lowest BCUT2D eigenvalue weighted by molar-refractivity contribution is -0.143. The Balaban J connectivity index is 1.41. The molecular weight excluding hydrogens is 378 g/mol. The number of amides is 1. The first-order chi connectivity index (χ1) is 13.5. The monoisotopic (exact) mass is 395 g/mol. The zero-order chi connectivity index (χ0) is 19.7. The molecule has 0 saturated heterocycles. The van der Waals surface area contributed by atoms with Crippen molar-refractivity contribution in [1.82, 2.24) is 9.38 Å². The molecule has 1 aromatic carbocycles. The lowest BCUT2D eigenvalue weighted by atomic mass is 10.1. The first-order valence-corrected chi connectivity index (χ1v) is 9.30. The predicted molar refractivity (Wildman–Crippen MR) is 107 cm³/mol. The van der Waals surface area contributed by atoms with E-state index in [0.717, 1.165) is 17.7 Å². The molecule has 4 rings (SSSR count). The van der Waals surface area contributed by atoms with E-state index >= 15 is 0 Å². The van der Waals surface area contributed by atoms with Crippen LogP contribution in [0.4, 0.5) is 5.69 Å².